The van der Waals surface area contributed by atoms with Crippen LogP contribution in [0.15, 0.2) is 48.8 Å². The van der Waals surface area contributed by atoms with Crippen LogP contribution in [0.4, 0.5) is 0 Å². The highest BCUT2D eigenvalue weighted by Gasteiger charge is 2.12. The highest BCUT2D eigenvalue weighted by atomic mass is 16.1. The number of benzene rings is 1. The molecule has 0 aliphatic rings. The van der Waals surface area contributed by atoms with Gasteiger partial charge in [-0.05, 0) is 31.4 Å². The van der Waals surface area contributed by atoms with Crippen molar-refractivity contribution in [2.75, 3.05) is 6.54 Å². The van der Waals surface area contributed by atoms with Crippen LogP contribution in [0.3, 0.4) is 0 Å². The molecule has 2 aromatic heterocycles. The number of amides is 1. The van der Waals surface area contributed by atoms with E-state index in [4.69, 9.17) is 0 Å². The monoisotopic (exact) mass is 337 g/mol. The summed E-state index contributed by atoms with van der Waals surface area (Å²) >= 11 is 0. The number of rotatable bonds is 7. The Kier molecular flexibility index (Phi) is 5.28. The van der Waals surface area contributed by atoms with Crippen molar-refractivity contribution in [3.8, 4) is 0 Å². The van der Waals surface area contributed by atoms with E-state index in [9.17, 15) is 4.79 Å². The molecule has 3 aromatic rings. The van der Waals surface area contributed by atoms with E-state index in [1.165, 1.54) is 5.56 Å². The van der Waals surface area contributed by atoms with Crippen molar-refractivity contribution in [1.29, 1.82) is 0 Å². The lowest BCUT2D eigenvalue weighted by Gasteiger charge is -2.08. The van der Waals surface area contributed by atoms with E-state index in [2.05, 4.69) is 32.2 Å². The predicted octanol–water partition coefficient (Wildman–Crippen LogP) is 2.34. The molecule has 0 unspecified atom stereocenters. The van der Waals surface area contributed by atoms with Gasteiger partial charge >= 0.3 is 0 Å². The summed E-state index contributed by atoms with van der Waals surface area (Å²) < 4.78 is 2.10. The van der Waals surface area contributed by atoms with Crippen LogP contribution < -0.4 is 5.32 Å². The van der Waals surface area contributed by atoms with E-state index in [0.717, 1.165) is 36.3 Å². The number of nitrogens with one attached hydrogen (secondary N) is 1. The maximum atomic E-state index is 12.4. The average molecular weight is 337 g/mol. The molecule has 6 nitrogen and oxygen atoms in total. The lowest BCUT2D eigenvalue weighted by molar-refractivity contribution is 0.0952. The molecule has 0 aliphatic heterocycles. The smallest absolute Gasteiger partial charge is 0.253 e. The maximum absolute atomic E-state index is 12.4. The number of carbonyl (C=O) groups is 1. The molecule has 130 valence electrons. The van der Waals surface area contributed by atoms with Gasteiger partial charge in [-0.1, -0.05) is 30.3 Å². The Balaban J connectivity index is 1.52. The minimum absolute atomic E-state index is 0.0246. The van der Waals surface area contributed by atoms with Crippen LogP contribution in [-0.4, -0.2) is 32.0 Å². The third-order valence-corrected chi connectivity index (χ3v) is 4.22. The van der Waals surface area contributed by atoms with Crippen molar-refractivity contribution in [3.63, 3.8) is 0 Å². The van der Waals surface area contributed by atoms with Gasteiger partial charge in [-0.2, -0.15) is 15.0 Å². The van der Waals surface area contributed by atoms with Crippen LogP contribution in [0, 0.1) is 6.92 Å². The Bertz CT molecular complexity index is 835. The quantitative estimate of drug-likeness (QED) is 0.673. The number of aromatic nitrogens is 4. The van der Waals surface area contributed by atoms with Crippen LogP contribution in [0.25, 0.3) is 0 Å². The minimum atomic E-state index is -0.0246. The standard InChI is InChI=1S/C19H23N5O/c1-15-18(10-12-24(15)14-16-7-4-3-5-8-16)19(25)20-11-6-9-17-13-21-23(2)22-17/h3-5,7-8,10,12-13H,6,9,11,14H2,1-2H3,(H,20,25). The van der Waals surface area contributed by atoms with E-state index in [0.29, 0.717) is 6.54 Å². The van der Waals surface area contributed by atoms with E-state index < -0.39 is 0 Å². The van der Waals surface area contributed by atoms with E-state index >= 15 is 0 Å². The summed E-state index contributed by atoms with van der Waals surface area (Å²) in [6.45, 7) is 3.38. The number of carbonyl (C=O) groups excluding carboxylic acids is 1. The van der Waals surface area contributed by atoms with Crippen molar-refractivity contribution in [2.24, 2.45) is 7.05 Å². The Labute approximate surface area is 147 Å². The Morgan fingerprint density at radius 2 is 2.00 bits per heavy atom. The number of aryl methyl sites for hydroxylation is 2. The van der Waals surface area contributed by atoms with E-state index in [1.54, 1.807) is 18.0 Å². The van der Waals surface area contributed by atoms with Crippen LogP contribution in [0.1, 0.15) is 33.7 Å². The SMILES string of the molecule is Cc1c(C(=O)NCCCc2cnn(C)n2)ccn1Cc1ccccc1. The summed E-state index contributed by atoms with van der Waals surface area (Å²) in [5.74, 6) is -0.0246. The zero-order chi connectivity index (χ0) is 17.6. The van der Waals surface area contributed by atoms with Gasteiger partial charge in [0, 0.05) is 32.0 Å². The highest BCUT2D eigenvalue weighted by Crippen LogP contribution is 2.12. The normalized spacial score (nSPS) is 10.8. The Morgan fingerprint density at radius 1 is 1.20 bits per heavy atom. The number of hydrogen-bond donors (Lipinski definition) is 1. The van der Waals surface area contributed by atoms with Crippen LogP contribution in [-0.2, 0) is 20.0 Å². The zero-order valence-electron chi connectivity index (χ0n) is 14.6. The third kappa shape index (κ3) is 4.35. The van der Waals surface area contributed by atoms with Gasteiger partial charge < -0.3 is 9.88 Å². The highest BCUT2D eigenvalue weighted by molar-refractivity contribution is 5.95. The molecule has 2 heterocycles. The molecule has 0 spiro atoms. The van der Waals surface area contributed by atoms with E-state index in [-0.39, 0.29) is 5.91 Å². The topological polar surface area (TPSA) is 64.7 Å². The van der Waals surface area contributed by atoms with Gasteiger partial charge in [-0.15, -0.1) is 0 Å². The number of nitrogens with zero attached hydrogens (tertiary/aromatic N) is 4. The van der Waals surface area contributed by atoms with E-state index in [1.807, 2.05) is 37.4 Å². The van der Waals surface area contributed by atoms with Gasteiger partial charge in [0.25, 0.3) is 5.91 Å². The molecule has 1 amide bonds. The van der Waals surface area contributed by atoms with Crippen molar-refractivity contribution in [2.45, 2.75) is 26.3 Å². The van der Waals surface area contributed by atoms with Gasteiger partial charge in [0.05, 0.1) is 17.5 Å². The summed E-state index contributed by atoms with van der Waals surface area (Å²) in [5.41, 5.74) is 3.88. The van der Waals surface area contributed by atoms with Gasteiger partial charge in [0.2, 0.25) is 0 Å². The molecule has 0 saturated heterocycles. The van der Waals surface area contributed by atoms with Gasteiger partial charge in [-0.25, -0.2) is 0 Å². The molecular weight excluding hydrogens is 314 g/mol. The lowest BCUT2D eigenvalue weighted by Crippen LogP contribution is -2.25. The summed E-state index contributed by atoms with van der Waals surface area (Å²) in [4.78, 5) is 13.9. The molecule has 0 radical (unpaired) electrons. The molecule has 1 N–H and O–H groups in total. The van der Waals surface area contributed by atoms with Gasteiger partial charge in [0.1, 0.15) is 0 Å². The fourth-order valence-corrected chi connectivity index (χ4v) is 2.81. The Morgan fingerprint density at radius 3 is 2.72 bits per heavy atom. The fraction of sp³-hybridized carbons (Fsp3) is 0.316. The van der Waals surface area contributed by atoms with Crippen LogP contribution in [0.5, 0.6) is 0 Å². The zero-order valence-corrected chi connectivity index (χ0v) is 14.6. The van der Waals surface area contributed by atoms with Gasteiger partial charge in [-0.3, -0.25) is 4.79 Å². The fourth-order valence-electron chi connectivity index (χ4n) is 2.81. The summed E-state index contributed by atoms with van der Waals surface area (Å²) in [6, 6.07) is 12.1. The minimum Gasteiger partial charge on any atom is -0.352 e. The van der Waals surface area contributed by atoms with Crippen molar-refractivity contribution >= 4 is 5.91 Å². The molecule has 3 rings (SSSR count). The van der Waals surface area contributed by atoms with Crippen molar-refractivity contribution < 1.29 is 4.79 Å². The lowest BCUT2D eigenvalue weighted by atomic mass is 10.2. The first-order valence-corrected chi connectivity index (χ1v) is 8.46. The first kappa shape index (κ1) is 17.0. The third-order valence-electron chi connectivity index (χ3n) is 4.22. The largest absolute Gasteiger partial charge is 0.352 e. The van der Waals surface area contributed by atoms with Crippen LogP contribution in [0.2, 0.25) is 0 Å². The second-order valence-electron chi connectivity index (χ2n) is 6.11. The summed E-state index contributed by atoms with van der Waals surface area (Å²) in [6.07, 6.45) is 5.38. The van der Waals surface area contributed by atoms with Gasteiger partial charge in [0.15, 0.2) is 0 Å². The van der Waals surface area contributed by atoms with Crippen molar-refractivity contribution in [1.82, 2.24) is 24.9 Å². The maximum Gasteiger partial charge on any atom is 0.253 e. The van der Waals surface area contributed by atoms with Crippen LogP contribution >= 0.6 is 0 Å². The average Bonchev–Trinajstić information content (AvgIpc) is 3.19. The molecule has 0 bridgehead atoms. The Hall–Kier alpha value is -2.89. The summed E-state index contributed by atoms with van der Waals surface area (Å²) in [7, 11) is 1.80. The molecule has 0 aliphatic carbocycles. The molecule has 0 fully saturated rings. The predicted molar refractivity (Wildman–Crippen MR) is 96.4 cm³/mol. The molecule has 25 heavy (non-hydrogen) atoms. The molecular formula is C19H23N5O. The molecule has 1 aromatic carbocycles. The number of hydrogen-bond acceptors (Lipinski definition) is 3. The van der Waals surface area contributed by atoms with Crippen molar-refractivity contribution in [3.05, 3.63) is 71.3 Å². The first-order valence-electron chi connectivity index (χ1n) is 8.46. The molecule has 0 atom stereocenters. The first-order chi connectivity index (χ1) is 12.1. The second kappa shape index (κ2) is 7.79. The molecule has 0 saturated carbocycles. The summed E-state index contributed by atoms with van der Waals surface area (Å²) in [5, 5.41) is 11.3. The second-order valence-corrected chi connectivity index (χ2v) is 6.11. The molecule has 6 heteroatoms.